The minimum absolute atomic E-state index is 0.332. The Balaban J connectivity index is 1.92. The molecule has 0 amide bonds. The van der Waals surface area contributed by atoms with Crippen LogP contribution >= 0.6 is 0 Å². The number of hydrogen-bond acceptors (Lipinski definition) is 1. The lowest BCUT2D eigenvalue weighted by Gasteiger charge is -2.26. The topological polar surface area (TPSA) is 37.3 Å². The summed E-state index contributed by atoms with van der Waals surface area (Å²) in [6.07, 6.45) is 8.89. The lowest BCUT2D eigenvalue weighted by Crippen LogP contribution is -2.16. The van der Waals surface area contributed by atoms with E-state index in [1.54, 1.807) is 0 Å². The summed E-state index contributed by atoms with van der Waals surface area (Å²) in [6, 6.07) is 10.4. The number of allylic oxidation sites excluding steroid dienone is 3. The van der Waals surface area contributed by atoms with E-state index in [9.17, 15) is 4.79 Å². The van der Waals surface area contributed by atoms with Crippen LogP contribution < -0.4 is 0 Å². The van der Waals surface area contributed by atoms with Crippen LogP contribution in [0.1, 0.15) is 17.9 Å². The van der Waals surface area contributed by atoms with Gasteiger partial charge in [0.1, 0.15) is 0 Å². The molecule has 4 unspecified atom stereocenters. The molecule has 0 radical (unpaired) electrons. The molecule has 1 saturated carbocycles. The zero-order valence-corrected chi connectivity index (χ0v) is 10.1. The van der Waals surface area contributed by atoms with Crippen molar-refractivity contribution in [1.29, 1.82) is 0 Å². The SMILES string of the molecule is O=C(O)C=CC1C2C=CC(C2)C1c1ccccc1. The molecule has 2 aliphatic carbocycles. The molecule has 2 heteroatoms. The summed E-state index contributed by atoms with van der Waals surface area (Å²) in [5.74, 6) is 1.00. The van der Waals surface area contributed by atoms with Crippen molar-refractivity contribution in [3.8, 4) is 0 Å². The van der Waals surface area contributed by atoms with Crippen molar-refractivity contribution in [2.75, 3.05) is 0 Å². The zero-order chi connectivity index (χ0) is 12.5. The fraction of sp³-hybridized carbons (Fsp3) is 0.312. The smallest absolute Gasteiger partial charge is 0.327 e. The van der Waals surface area contributed by atoms with Crippen molar-refractivity contribution in [3.63, 3.8) is 0 Å². The Hall–Kier alpha value is -1.83. The largest absolute Gasteiger partial charge is 0.478 e. The number of carbonyl (C=O) groups is 1. The minimum Gasteiger partial charge on any atom is -0.478 e. The van der Waals surface area contributed by atoms with E-state index in [-0.39, 0.29) is 0 Å². The van der Waals surface area contributed by atoms with Gasteiger partial charge in [-0.3, -0.25) is 0 Å². The molecule has 1 fully saturated rings. The van der Waals surface area contributed by atoms with E-state index in [1.807, 2.05) is 12.1 Å². The van der Waals surface area contributed by atoms with Crippen LogP contribution in [0.4, 0.5) is 0 Å². The minimum atomic E-state index is -0.853. The average Bonchev–Trinajstić information content (AvgIpc) is 2.97. The molecule has 0 aromatic heterocycles. The number of aliphatic carboxylic acids is 1. The standard InChI is InChI=1S/C16H16O2/c17-15(18)9-8-14-12-6-7-13(10-12)16(14)11-4-2-1-3-5-11/h1-9,12-14,16H,10H2,(H,17,18). The fourth-order valence-corrected chi connectivity index (χ4v) is 3.46. The van der Waals surface area contributed by atoms with Crippen LogP contribution in [0.25, 0.3) is 0 Å². The lowest BCUT2D eigenvalue weighted by molar-refractivity contribution is -0.131. The highest BCUT2D eigenvalue weighted by Crippen LogP contribution is 2.53. The molecule has 0 aliphatic heterocycles. The molecule has 2 nitrogen and oxygen atoms in total. The van der Waals surface area contributed by atoms with Gasteiger partial charge in [0.25, 0.3) is 0 Å². The molecule has 2 aliphatic rings. The lowest BCUT2D eigenvalue weighted by atomic mass is 9.78. The summed E-state index contributed by atoms with van der Waals surface area (Å²) in [4.78, 5) is 10.7. The van der Waals surface area contributed by atoms with Crippen LogP contribution in [0.2, 0.25) is 0 Å². The van der Waals surface area contributed by atoms with E-state index in [0.717, 1.165) is 6.42 Å². The van der Waals surface area contributed by atoms with Crippen molar-refractivity contribution >= 4 is 5.97 Å². The van der Waals surface area contributed by atoms with Gasteiger partial charge < -0.3 is 5.11 Å². The summed E-state index contributed by atoms with van der Waals surface area (Å²) in [7, 11) is 0. The first-order chi connectivity index (χ1) is 8.75. The van der Waals surface area contributed by atoms with Crippen molar-refractivity contribution in [3.05, 3.63) is 60.2 Å². The molecule has 4 atom stereocenters. The molecule has 0 heterocycles. The third-order valence-electron chi connectivity index (χ3n) is 4.17. The van der Waals surface area contributed by atoms with Crippen LogP contribution in [-0.2, 0) is 4.79 Å². The van der Waals surface area contributed by atoms with Crippen LogP contribution in [0.15, 0.2) is 54.6 Å². The van der Waals surface area contributed by atoms with Crippen molar-refractivity contribution in [1.82, 2.24) is 0 Å². The normalized spacial score (nSPS) is 33.3. The summed E-state index contributed by atoms with van der Waals surface area (Å²) < 4.78 is 0. The Kier molecular flexibility index (Phi) is 2.78. The maximum atomic E-state index is 10.7. The second-order valence-corrected chi connectivity index (χ2v) is 5.16. The second-order valence-electron chi connectivity index (χ2n) is 5.16. The summed E-state index contributed by atoms with van der Waals surface area (Å²) in [5.41, 5.74) is 1.33. The molecule has 1 N–H and O–H groups in total. The third-order valence-corrected chi connectivity index (χ3v) is 4.17. The van der Waals surface area contributed by atoms with Crippen LogP contribution in [-0.4, -0.2) is 11.1 Å². The Labute approximate surface area is 107 Å². The van der Waals surface area contributed by atoms with Gasteiger partial charge in [-0.15, -0.1) is 0 Å². The monoisotopic (exact) mass is 240 g/mol. The van der Waals surface area contributed by atoms with Crippen LogP contribution in [0.3, 0.4) is 0 Å². The van der Waals surface area contributed by atoms with E-state index in [2.05, 4.69) is 36.4 Å². The number of benzene rings is 1. The molecular weight excluding hydrogens is 224 g/mol. The quantitative estimate of drug-likeness (QED) is 0.650. The first-order valence-corrected chi connectivity index (χ1v) is 6.40. The summed E-state index contributed by atoms with van der Waals surface area (Å²) >= 11 is 0. The summed E-state index contributed by atoms with van der Waals surface area (Å²) in [5, 5.41) is 8.80. The summed E-state index contributed by atoms with van der Waals surface area (Å²) in [6.45, 7) is 0. The predicted molar refractivity (Wildman–Crippen MR) is 70.2 cm³/mol. The Bertz CT molecular complexity index is 501. The van der Waals surface area contributed by atoms with E-state index in [0.29, 0.717) is 23.7 Å². The van der Waals surface area contributed by atoms with Gasteiger partial charge in [0, 0.05) is 6.08 Å². The number of carboxylic acid groups (broad SMARTS) is 1. The van der Waals surface area contributed by atoms with Crippen molar-refractivity contribution < 1.29 is 9.90 Å². The van der Waals surface area contributed by atoms with E-state index >= 15 is 0 Å². The van der Waals surface area contributed by atoms with E-state index in [4.69, 9.17) is 5.11 Å². The Morgan fingerprint density at radius 2 is 1.89 bits per heavy atom. The maximum Gasteiger partial charge on any atom is 0.327 e. The number of rotatable bonds is 3. The zero-order valence-electron chi connectivity index (χ0n) is 10.1. The molecule has 0 spiro atoms. The molecule has 0 saturated heterocycles. The van der Waals surface area contributed by atoms with Gasteiger partial charge in [0.2, 0.25) is 0 Å². The average molecular weight is 240 g/mol. The van der Waals surface area contributed by atoms with Crippen molar-refractivity contribution in [2.24, 2.45) is 17.8 Å². The first kappa shape index (κ1) is 11.3. The van der Waals surface area contributed by atoms with Gasteiger partial charge in [-0.1, -0.05) is 48.6 Å². The van der Waals surface area contributed by atoms with Crippen LogP contribution in [0, 0.1) is 17.8 Å². The highest BCUT2D eigenvalue weighted by atomic mass is 16.4. The molecule has 1 aromatic rings. The van der Waals surface area contributed by atoms with E-state index in [1.165, 1.54) is 11.6 Å². The highest BCUT2D eigenvalue weighted by Gasteiger charge is 2.43. The van der Waals surface area contributed by atoms with Gasteiger partial charge in [-0.05, 0) is 35.7 Å². The van der Waals surface area contributed by atoms with Gasteiger partial charge >= 0.3 is 5.97 Å². The maximum absolute atomic E-state index is 10.7. The predicted octanol–water partition coefficient (Wildman–Crippen LogP) is 3.23. The van der Waals surface area contributed by atoms with Gasteiger partial charge in [0.05, 0.1) is 0 Å². The van der Waals surface area contributed by atoms with Gasteiger partial charge in [-0.2, -0.15) is 0 Å². The molecule has 2 bridgehead atoms. The number of hydrogen-bond donors (Lipinski definition) is 1. The van der Waals surface area contributed by atoms with Gasteiger partial charge in [0.15, 0.2) is 0 Å². The van der Waals surface area contributed by atoms with Crippen LogP contribution in [0.5, 0.6) is 0 Å². The number of fused-ring (bicyclic) bond motifs is 2. The molecule has 18 heavy (non-hydrogen) atoms. The molecule has 3 rings (SSSR count). The Morgan fingerprint density at radius 1 is 1.17 bits per heavy atom. The van der Waals surface area contributed by atoms with E-state index < -0.39 is 5.97 Å². The first-order valence-electron chi connectivity index (χ1n) is 6.40. The molecule has 92 valence electrons. The Morgan fingerprint density at radius 3 is 2.61 bits per heavy atom. The number of carboxylic acids is 1. The van der Waals surface area contributed by atoms with Gasteiger partial charge in [-0.25, -0.2) is 4.79 Å². The molecule has 1 aromatic carbocycles. The highest BCUT2D eigenvalue weighted by molar-refractivity contribution is 5.79. The van der Waals surface area contributed by atoms with Crippen molar-refractivity contribution in [2.45, 2.75) is 12.3 Å². The fourth-order valence-electron chi connectivity index (χ4n) is 3.46. The molecular formula is C16H16O2. The third kappa shape index (κ3) is 1.88. The second kappa shape index (κ2) is 4.45.